The number of piperidine rings is 1. The van der Waals surface area contributed by atoms with Crippen LogP contribution in [-0.4, -0.2) is 30.7 Å². The van der Waals surface area contributed by atoms with E-state index in [1.54, 1.807) is 12.3 Å². The van der Waals surface area contributed by atoms with Gasteiger partial charge in [0.05, 0.1) is 5.56 Å². The maximum Gasteiger partial charge on any atom is 0.148 e. The average molecular weight is 291 g/mol. The van der Waals surface area contributed by atoms with Gasteiger partial charge in [0.2, 0.25) is 0 Å². The number of hydrogen-bond donors (Lipinski definition) is 1. The number of nitrogens with one attached hydrogen (secondary N) is 1. The fourth-order valence-electron chi connectivity index (χ4n) is 2.86. The summed E-state index contributed by atoms with van der Waals surface area (Å²) in [6.45, 7) is 3.21. The normalized spacial score (nSPS) is 19.6. The van der Waals surface area contributed by atoms with Crippen molar-refractivity contribution in [2.45, 2.75) is 31.7 Å². The summed E-state index contributed by atoms with van der Waals surface area (Å²) in [5, 5.41) is 13.0. The monoisotopic (exact) mass is 290 g/mol. The van der Waals surface area contributed by atoms with Gasteiger partial charge in [-0.25, -0.2) is 4.98 Å². The van der Waals surface area contributed by atoms with Gasteiger partial charge < -0.3 is 10.2 Å². The van der Waals surface area contributed by atoms with Crippen LogP contribution in [0.1, 0.15) is 31.2 Å². The summed E-state index contributed by atoms with van der Waals surface area (Å²) in [6.07, 6.45) is 6.52. The smallest absolute Gasteiger partial charge is 0.148 e. The van der Waals surface area contributed by atoms with Crippen molar-refractivity contribution in [1.82, 2.24) is 10.3 Å². The van der Waals surface area contributed by atoms with Crippen LogP contribution in [0.4, 0.5) is 5.82 Å². The Kier molecular flexibility index (Phi) is 4.09. The molecule has 5 heteroatoms. The number of hydrogen-bond acceptors (Lipinski definition) is 4. The number of nitrogens with zero attached hydrogens (tertiary/aromatic N) is 3. The first-order chi connectivity index (χ1) is 9.79. The summed E-state index contributed by atoms with van der Waals surface area (Å²) in [4.78, 5) is 6.77. The fraction of sp³-hybridized carbons (Fsp3) is 0.600. The number of nitriles is 1. The number of aromatic nitrogens is 1. The van der Waals surface area contributed by atoms with Crippen LogP contribution in [0.3, 0.4) is 0 Å². The molecule has 2 fully saturated rings. The molecule has 1 aliphatic heterocycles. The molecule has 0 aromatic carbocycles. The minimum absolute atomic E-state index is 0.510. The molecular weight excluding hydrogens is 272 g/mol. The Labute approximate surface area is 124 Å². The zero-order valence-electron chi connectivity index (χ0n) is 11.5. The van der Waals surface area contributed by atoms with Gasteiger partial charge in [-0.1, -0.05) is 11.6 Å². The van der Waals surface area contributed by atoms with Crippen molar-refractivity contribution in [3.8, 4) is 6.07 Å². The molecule has 0 spiro atoms. The van der Waals surface area contributed by atoms with Crippen molar-refractivity contribution in [1.29, 1.82) is 5.26 Å². The van der Waals surface area contributed by atoms with Crippen LogP contribution >= 0.6 is 11.6 Å². The Morgan fingerprint density at radius 2 is 2.10 bits per heavy atom. The SMILES string of the molecule is N#Cc1ccnc(N(CC2CCNCC2)C2CC2)c1Cl. The average Bonchev–Trinajstić information content (AvgIpc) is 3.31. The van der Waals surface area contributed by atoms with Crippen molar-refractivity contribution >= 4 is 17.4 Å². The third kappa shape index (κ3) is 2.89. The lowest BCUT2D eigenvalue weighted by atomic mass is 9.97. The van der Waals surface area contributed by atoms with Crippen molar-refractivity contribution in [3.05, 3.63) is 22.8 Å². The summed E-state index contributed by atoms with van der Waals surface area (Å²) >= 11 is 6.35. The lowest BCUT2D eigenvalue weighted by Gasteiger charge is -2.31. The van der Waals surface area contributed by atoms with E-state index in [4.69, 9.17) is 16.9 Å². The second-order valence-corrected chi connectivity index (χ2v) is 6.06. The molecule has 0 unspecified atom stereocenters. The summed E-state index contributed by atoms with van der Waals surface area (Å²) in [5.74, 6) is 1.49. The van der Waals surface area contributed by atoms with E-state index in [1.165, 1.54) is 25.7 Å². The minimum Gasteiger partial charge on any atom is -0.352 e. The van der Waals surface area contributed by atoms with Gasteiger partial charge in [0.1, 0.15) is 16.9 Å². The van der Waals surface area contributed by atoms with E-state index in [9.17, 15) is 0 Å². The zero-order valence-corrected chi connectivity index (χ0v) is 12.2. The van der Waals surface area contributed by atoms with E-state index in [1.807, 2.05) is 0 Å². The fourth-order valence-corrected chi connectivity index (χ4v) is 3.12. The summed E-state index contributed by atoms with van der Waals surface area (Å²) in [5.41, 5.74) is 0.521. The third-order valence-corrected chi connectivity index (χ3v) is 4.54. The molecular formula is C15H19ClN4. The summed E-state index contributed by atoms with van der Waals surface area (Å²) < 4.78 is 0. The maximum atomic E-state index is 9.11. The van der Waals surface area contributed by atoms with Crippen LogP contribution in [0.5, 0.6) is 0 Å². The van der Waals surface area contributed by atoms with E-state index in [0.29, 0.717) is 22.5 Å². The van der Waals surface area contributed by atoms with Crippen LogP contribution in [0, 0.1) is 17.2 Å². The van der Waals surface area contributed by atoms with Crippen molar-refractivity contribution in [2.24, 2.45) is 5.92 Å². The predicted octanol–water partition coefficient (Wildman–Crippen LogP) is 2.58. The molecule has 4 nitrogen and oxygen atoms in total. The number of pyridine rings is 1. The van der Waals surface area contributed by atoms with Crippen LogP contribution in [-0.2, 0) is 0 Å². The molecule has 106 valence electrons. The predicted molar refractivity (Wildman–Crippen MR) is 79.9 cm³/mol. The second kappa shape index (κ2) is 5.99. The number of halogens is 1. The Morgan fingerprint density at radius 1 is 1.35 bits per heavy atom. The highest BCUT2D eigenvalue weighted by molar-refractivity contribution is 6.34. The van der Waals surface area contributed by atoms with Crippen LogP contribution in [0.25, 0.3) is 0 Å². The number of anilines is 1. The number of rotatable bonds is 4. The molecule has 3 rings (SSSR count). The van der Waals surface area contributed by atoms with Gasteiger partial charge in [-0.2, -0.15) is 5.26 Å². The van der Waals surface area contributed by atoms with Gasteiger partial charge in [-0.3, -0.25) is 0 Å². The molecule has 20 heavy (non-hydrogen) atoms. The molecule has 0 amide bonds. The lowest BCUT2D eigenvalue weighted by Crippen LogP contribution is -2.37. The maximum absolute atomic E-state index is 9.11. The molecule has 1 N–H and O–H groups in total. The van der Waals surface area contributed by atoms with Crippen molar-refractivity contribution < 1.29 is 0 Å². The van der Waals surface area contributed by atoms with Crippen molar-refractivity contribution in [2.75, 3.05) is 24.5 Å². The molecule has 2 aliphatic rings. The van der Waals surface area contributed by atoms with Crippen LogP contribution in [0.2, 0.25) is 5.02 Å². The molecule has 1 aromatic rings. The lowest BCUT2D eigenvalue weighted by molar-refractivity contribution is 0.372. The highest BCUT2D eigenvalue weighted by Crippen LogP contribution is 2.36. The topological polar surface area (TPSA) is 52.0 Å². The molecule has 0 radical (unpaired) electrons. The van der Waals surface area contributed by atoms with E-state index in [2.05, 4.69) is 21.3 Å². The van der Waals surface area contributed by atoms with Gasteiger partial charge in [0.25, 0.3) is 0 Å². The first-order valence-electron chi connectivity index (χ1n) is 7.31. The van der Waals surface area contributed by atoms with Crippen LogP contribution in [0.15, 0.2) is 12.3 Å². The van der Waals surface area contributed by atoms with E-state index >= 15 is 0 Å². The Balaban J connectivity index is 1.81. The van der Waals surface area contributed by atoms with Gasteiger partial charge in [-0.05, 0) is 50.8 Å². The van der Waals surface area contributed by atoms with E-state index in [-0.39, 0.29) is 0 Å². The highest BCUT2D eigenvalue weighted by Gasteiger charge is 2.33. The molecule has 0 atom stereocenters. The summed E-state index contributed by atoms with van der Waals surface area (Å²) in [7, 11) is 0. The molecule has 0 bridgehead atoms. The molecule has 1 saturated heterocycles. The van der Waals surface area contributed by atoms with Gasteiger partial charge in [0.15, 0.2) is 0 Å². The Hall–Kier alpha value is -1.31. The Morgan fingerprint density at radius 3 is 2.75 bits per heavy atom. The Bertz CT molecular complexity index is 515. The highest BCUT2D eigenvalue weighted by atomic mass is 35.5. The first kappa shape index (κ1) is 13.7. The zero-order chi connectivity index (χ0) is 13.9. The minimum atomic E-state index is 0.510. The van der Waals surface area contributed by atoms with E-state index in [0.717, 1.165) is 25.5 Å². The van der Waals surface area contributed by atoms with Gasteiger partial charge in [-0.15, -0.1) is 0 Å². The third-order valence-electron chi connectivity index (χ3n) is 4.16. The molecule has 2 heterocycles. The largest absolute Gasteiger partial charge is 0.352 e. The van der Waals surface area contributed by atoms with Crippen LogP contribution < -0.4 is 10.2 Å². The second-order valence-electron chi connectivity index (χ2n) is 5.68. The van der Waals surface area contributed by atoms with Crippen molar-refractivity contribution in [3.63, 3.8) is 0 Å². The van der Waals surface area contributed by atoms with E-state index < -0.39 is 0 Å². The molecule has 1 saturated carbocycles. The quantitative estimate of drug-likeness (QED) is 0.926. The standard InChI is InChI=1S/C15H19ClN4/c16-14-12(9-17)5-8-19-15(14)20(13-1-2-13)10-11-3-6-18-7-4-11/h5,8,11,13,18H,1-4,6-7,10H2. The summed E-state index contributed by atoms with van der Waals surface area (Å²) in [6, 6.07) is 4.39. The van der Waals surface area contributed by atoms with Gasteiger partial charge >= 0.3 is 0 Å². The van der Waals surface area contributed by atoms with Gasteiger partial charge in [0, 0.05) is 18.8 Å². The molecule has 1 aliphatic carbocycles. The first-order valence-corrected chi connectivity index (χ1v) is 7.69. The molecule has 1 aromatic heterocycles.